The molecule has 28 heavy (non-hydrogen) atoms. The number of carbonyl (C=O) groups is 1. The second kappa shape index (κ2) is 9.69. The lowest BCUT2D eigenvalue weighted by Crippen LogP contribution is -2.46. The molecule has 0 saturated heterocycles. The van der Waals surface area contributed by atoms with Gasteiger partial charge in [-0.05, 0) is 67.7 Å². The fraction of sp³-hybridized carbons (Fsp3) is 0.391. The van der Waals surface area contributed by atoms with Crippen LogP contribution >= 0.6 is 12.2 Å². The Morgan fingerprint density at radius 2 is 1.82 bits per heavy atom. The highest BCUT2D eigenvalue weighted by Gasteiger charge is 2.22. The Hall–Kier alpha value is -2.40. The van der Waals surface area contributed by atoms with Crippen molar-refractivity contribution in [3.63, 3.8) is 0 Å². The van der Waals surface area contributed by atoms with Crippen LogP contribution in [0.1, 0.15) is 61.5 Å². The zero-order valence-electron chi connectivity index (χ0n) is 16.6. The van der Waals surface area contributed by atoms with Gasteiger partial charge in [0.1, 0.15) is 0 Å². The monoisotopic (exact) mass is 395 g/mol. The zero-order valence-corrected chi connectivity index (χ0v) is 17.4. The first-order valence-electron chi connectivity index (χ1n) is 10.1. The maximum Gasteiger partial charge on any atom is 0.255 e. The molecule has 5 heteroatoms. The lowest BCUT2D eigenvalue weighted by atomic mass is 9.86. The average molecular weight is 396 g/mol. The summed E-state index contributed by atoms with van der Waals surface area (Å²) in [5.74, 6) is 0.544. The Labute approximate surface area is 173 Å². The molecule has 2 aromatic rings. The van der Waals surface area contributed by atoms with Gasteiger partial charge in [0.15, 0.2) is 5.11 Å². The van der Waals surface area contributed by atoms with E-state index >= 15 is 0 Å². The van der Waals surface area contributed by atoms with Crippen LogP contribution in [-0.4, -0.2) is 17.1 Å². The van der Waals surface area contributed by atoms with E-state index < -0.39 is 0 Å². The maximum absolute atomic E-state index is 12.4. The number of benzene rings is 2. The van der Waals surface area contributed by atoms with Crippen molar-refractivity contribution in [2.45, 2.75) is 51.6 Å². The van der Waals surface area contributed by atoms with Crippen LogP contribution in [0.25, 0.3) is 0 Å². The standard InChI is InChI=1S/C23H29N3OS/c1-16-9-6-7-14-21(16)26-23(28)24-17(2)19-12-8-13-20(15-19)25-22(27)18-10-4-3-5-11-18/h3-5,8,10-13,15-17,21H,6-7,9,14H2,1-2H3,(H,25,27)(H2,24,26,28). The van der Waals surface area contributed by atoms with E-state index in [4.69, 9.17) is 12.2 Å². The molecule has 1 aliphatic carbocycles. The Morgan fingerprint density at radius 1 is 1.07 bits per heavy atom. The van der Waals surface area contributed by atoms with Crippen LogP contribution < -0.4 is 16.0 Å². The number of amides is 1. The third-order valence-corrected chi connectivity index (χ3v) is 5.69. The van der Waals surface area contributed by atoms with Gasteiger partial charge in [0.05, 0.1) is 6.04 Å². The first-order chi connectivity index (χ1) is 13.5. The van der Waals surface area contributed by atoms with Crippen molar-refractivity contribution in [1.82, 2.24) is 10.6 Å². The molecule has 4 nitrogen and oxygen atoms in total. The molecular formula is C23H29N3OS. The number of anilines is 1. The quantitative estimate of drug-likeness (QED) is 0.621. The molecule has 3 N–H and O–H groups in total. The number of nitrogens with one attached hydrogen (secondary N) is 3. The molecule has 1 amide bonds. The number of thiocarbonyl (C=S) groups is 1. The number of carbonyl (C=O) groups excluding carboxylic acids is 1. The van der Waals surface area contributed by atoms with E-state index in [0.717, 1.165) is 11.3 Å². The molecule has 2 aromatic carbocycles. The minimum Gasteiger partial charge on any atom is -0.360 e. The zero-order chi connectivity index (χ0) is 19.9. The lowest BCUT2D eigenvalue weighted by molar-refractivity contribution is 0.102. The lowest BCUT2D eigenvalue weighted by Gasteiger charge is -2.31. The maximum atomic E-state index is 12.4. The first kappa shape index (κ1) is 20.3. The molecule has 3 atom stereocenters. The fourth-order valence-electron chi connectivity index (χ4n) is 3.70. The van der Waals surface area contributed by atoms with Gasteiger partial charge in [0.25, 0.3) is 5.91 Å². The van der Waals surface area contributed by atoms with Gasteiger partial charge in [-0.2, -0.15) is 0 Å². The number of hydrogen-bond donors (Lipinski definition) is 3. The van der Waals surface area contributed by atoms with Crippen LogP contribution in [0.5, 0.6) is 0 Å². The summed E-state index contributed by atoms with van der Waals surface area (Å²) >= 11 is 5.54. The van der Waals surface area contributed by atoms with E-state index in [1.54, 1.807) is 12.1 Å². The molecule has 3 unspecified atom stereocenters. The van der Waals surface area contributed by atoms with Gasteiger partial charge in [-0.3, -0.25) is 4.79 Å². The highest BCUT2D eigenvalue weighted by molar-refractivity contribution is 7.80. The molecule has 0 heterocycles. The molecule has 0 aromatic heterocycles. The fourth-order valence-corrected chi connectivity index (χ4v) is 4.03. The summed E-state index contributed by atoms with van der Waals surface area (Å²) in [7, 11) is 0. The summed E-state index contributed by atoms with van der Waals surface area (Å²) in [5.41, 5.74) is 2.50. The van der Waals surface area contributed by atoms with Crippen LogP contribution in [0.4, 0.5) is 5.69 Å². The van der Waals surface area contributed by atoms with Crippen molar-refractivity contribution < 1.29 is 4.79 Å². The van der Waals surface area contributed by atoms with Gasteiger partial charge in [-0.15, -0.1) is 0 Å². The molecule has 3 rings (SSSR count). The molecule has 1 saturated carbocycles. The van der Waals surface area contributed by atoms with E-state index in [-0.39, 0.29) is 11.9 Å². The summed E-state index contributed by atoms with van der Waals surface area (Å²) < 4.78 is 0. The molecular weight excluding hydrogens is 366 g/mol. The SMILES string of the molecule is CC(NC(=S)NC1CCCCC1C)c1cccc(NC(=O)c2ccccc2)c1. The molecule has 1 aliphatic rings. The van der Waals surface area contributed by atoms with Crippen molar-refractivity contribution in [2.75, 3.05) is 5.32 Å². The number of rotatable bonds is 5. The van der Waals surface area contributed by atoms with Gasteiger partial charge in [-0.25, -0.2) is 0 Å². The van der Waals surface area contributed by atoms with Crippen molar-refractivity contribution in [3.8, 4) is 0 Å². The Morgan fingerprint density at radius 3 is 2.57 bits per heavy atom. The molecule has 0 aliphatic heterocycles. The van der Waals surface area contributed by atoms with Crippen molar-refractivity contribution in [3.05, 3.63) is 65.7 Å². The van der Waals surface area contributed by atoms with Crippen LogP contribution in [0.15, 0.2) is 54.6 Å². The first-order valence-corrected chi connectivity index (χ1v) is 10.5. The second-order valence-corrected chi connectivity index (χ2v) is 8.06. The second-order valence-electron chi connectivity index (χ2n) is 7.65. The minimum absolute atomic E-state index is 0.0486. The van der Waals surface area contributed by atoms with Gasteiger partial charge >= 0.3 is 0 Å². The molecule has 1 fully saturated rings. The highest BCUT2D eigenvalue weighted by Crippen LogP contribution is 2.24. The van der Waals surface area contributed by atoms with E-state index in [1.807, 2.05) is 42.5 Å². The summed E-state index contributed by atoms with van der Waals surface area (Å²) in [4.78, 5) is 12.4. The smallest absolute Gasteiger partial charge is 0.255 e. The van der Waals surface area contributed by atoms with Gasteiger partial charge in [0.2, 0.25) is 0 Å². The summed E-state index contributed by atoms with van der Waals surface area (Å²) in [6, 6.07) is 17.6. The average Bonchev–Trinajstić information content (AvgIpc) is 2.70. The Balaban J connectivity index is 1.58. The minimum atomic E-state index is -0.109. The normalized spacial score (nSPS) is 20.1. The van der Waals surface area contributed by atoms with E-state index in [2.05, 4.69) is 29.8 Å². The van der Waals surface area contributed by atoms with Gasteiger partial charge in [-0.1, -0.05) is 50.1 Å². The van der Waals surface area contributed by atoms with E-state index in [0.29, 0.717) is 22.6 Å². The Kier molecular flexibility index (Phi) is 7.04. The van der Waals surface area contributed by atoms with Crippen LogP contribution in [0, 0.1) is 5.92 Å². The van der Waals surface area contributed by atoms with Crippen molar-refractivity contribution in [1.29, 1.82) is 0 Å². The van der Waals surface area contributed by atoms with Gasteiger partial charge < -0.3 is 16.0 Å². The molecule has 148 valence electrons. The van der Waals surface area contributed by atoms with Crippen LogP contribution in [-0.2, 0) is 0 Å². The summed E-state index contributed by atoms with van der Waals surface area (Å²) in [5, 5.41) is 10.5. The van der Waals surface area contributed by atoms with E-state index in [1.165, 1.54) is 25.7 Å². The van der Waals surface area contributed by atoms with E-state index in [9.17, 15) is 4.79 Å². The predicted molar refractivity (Wildman–Crippen MR) is 120 cm³/mol. The summed E-state index contributed by atoms with van der Waals surface area (Å²) in [6.45, 7) is 4.37. The summed E-state index contributed by atoms with van der Waals surface area (Å²) in [6.07, 6.45) is 5.03. The van der Waals surface area contributed by atoms with Crippen LogP contribution in [0.2, 0.25) is 0 Å². The largest absolute Gasteiger partial charge is 0.360 e. The van der Waals surface area contributed by atoms with Gasteiger partial charge in [0, 0.05) is 17.3 Å². The highest BCUT2D eigenvalue weighted by atomic mass is 32.1. The topological polar surface area (TPSA) is 53.2 Å². The predicted octanol–water partition coefficient (Wildman–Crippen LogP) is 5.04. The molecule has 0 spiro atoms. The molecule has 0 bridgehead atoms. The van der Waals surface area contributed by atoms with Crippen molar-refractivity contribution in [2.24, 2.45) is 5.92 Å². The van der Waals surface area contributed by atoms with Crippen LogP contribution in [0.3, 0.4) is 0 Å². The van der Waals surface area contributed by atoms with Crippen molar-refractivity contribution >= 4 is 28.9 Å². The molecule has 0 radical (unpaired) electrons. The number of hydrogen-bond acceptors (Lipinski definition) is 2. The third kappa shape index (κ3) is 5.55. The third-order valence-electron chi connectivity index (χ3n) is 5.46. The Bertz CT molecular complexity index is 809.